The van der Waals surface area contributed by atoms with Gasteiger partial charge in [0.25, 0.3) is 0 Å². The summed E-state index contributed by atoms with van der Waals surface area (Å²) in [4.78, 5) is 0. The summed E-state index contributed by atoms with van der Waals surface area (Å²) in [6.45, 7) is 6.60. The SMILES string of the molecule is CNC(CSc1cccs1)c1c(C)cc(C)cc1C. The third-order valence-electron chi connectivity index (χ3n) is 3.32. The molecule has 3 heteroatoms. The highest BCUT2D eigenvalue weighted by Gasteiger charge is 2.15. The molecule has 1 N–H and O–H groups in total. The first kappa shape index (κ1) is 14.6. The highest BCUT2D eigenvalue weighted by atomic mass is 32.2. The van der Waals surface area contributed by atoms with Crippen molar-refractivity contribution in [2.24, 2.45) is 0 Å². The van der Waals surface area contributed by atoms with Crippen LogP contribution in [-0.4, -0.2) is 12.8 Å². The second kappa shape index (κ2) is 6.60. The van der Waals surface area contributed by atoms with Crippen molar-refractivity contribution in [2.45, 2.75) is 31.0 Å². The van der Waals surface area contributed by atoms with Gasteiger partial charge in [0, 0.05) is 11.8 Å². The summed E-state index contributed by atoms with van der Waals surface area (Å²) in [6.07, 6.45) is 0. The van der Waals surface area contributed by atoms with Crippen LogP contribution in [0.1, 0.15) is 28.3 Å². The minimum Gasteiger partial charge on any atom is -0.312 e. The smallest absolute Gasteiger partial charge is 0.0599 e. The standard InChI is InChI=1S/C16H21NS2/c1-11-8-12(2)16(13(3)9-11)14(17-4)10-19-15-6-5-7-18-15/h5-9,14,17H,10H2,1-4H3. The van der Waals surface area contributed by atoms with Crippen LogP contribution >= 0.6 is 23.1 Å². The summed E-state index contributed by atoms with van der Waals surface area (Å²) in [6, 6.07) is 9.28. The lowest BCUT2D eigenvalue weighted by Gasteiger charge is -2.21. The molecule has 1 aromatic heterocycles. The van der Waals surface area contributed by atoms with E-state index in [-0.39, 0.29) is 0 Å². The van der Waals surface area contributed by atoms with Crippen LogP contribution in [0.3, 0.4) is 0 Å². The van der Waals surface area contributed by atoms with Crippen LogP contribution in [0.25, 0.3) is 0 Å². The molecule has 0 aliphatic carbocycles. The maximum Gasteiger partial charge on any atom is 0.0599 e. The molecule has 1 heterocycles. The lowest BCUT2D eigenvalue weighted by atomic mass is 9.95. The van der Waals surface area contributed by atoms with Gasteiger partial charge in [0.2, 0.25) is 0 Å². The molecule has 0 bridgehead atoms. The van der Waals surface area contributed by atoms with Crippen molar-refractivity contribution in [3.63, 3.8) is 0 Å². The fourth-order valence-corrected chi connectivity index (χ4v) is 4.49. The molecule has 0 aliphatic heterocycles. The van der Waals surface area contributed by atoms with Crippen molar-refractivity contribution in [3.05, 3.63) is 51.9 Å². The summed E-state index contributed by atoms with van der Waals surface area (Å²) in [5, 5.41) is 5.60. The Labute approximate surface area is 124 Å². The van der Waals surface area contributed by atoms with Gasteiger partial charge in [-0.2, -0.15) is 0 Å². The lowest BCUT2D eigenvalue weighted by Crippen LogP contribution is -2.21. The molecule has 0 radical (unpaired) electrons. The zero-order chi connectivity index (χ0) is 13.8. The average Bonchev–Trinajstić information content (AvgIpc) is 2.85. The van der Waals surface area contributed by atoms with Gasteiger partial charge in [0.1, 0.15) is 0 Å². The number of hydrogen-bond donors (Lipinski definition) is 1. The lowest BCUT2D eigenvalue weighted by molar-refractivity contribution is 0.653. The molecular formula is C16H21NS2. The van der Waals surface area contributed by atoms with Gasteiger partial charge >= 0.3 is 0 Å². The quantitative estimate of drug-likeness (QED) is 0.800. The van der Waals surface area contributed by atoms with E-state index in [0.717, 1.165) is 5.75 Å². The summed E-state index contributed by atoms with van der Waals surface area (Å²) in [7, 11) is 2.05. The van der Waals surface area contributed by atoms with Crippen LogP contribution in [-0.2, 0) is 0 Å². The Hall–Kier alpha value is -0.770. The first-order valence-electron chi connectivity index (χ1n) is 6.53. The van der Waals surface area contributed by atoms with Crippen LogP contribution in [0.15, 0.2) is 33.9 Å². The molecule has 0 aliphatic rings. The number of thioether (sulfide) groups is 1. The third kappa shape index (κ3) is 3.62. The van der Waals surface area contributed by atoms with Gasteiger partial charge in [-0.1, -0.05) is 23.8 Å². The third-order valence-corrected chi connectivity index (χ3v) is 5.55. The summed E-state index contributed by atoms with van der Waals surface area (Å²) >= 11 is 3.75. The van der Waals surface area contributed by atoms with Gasteiger partial charge in [0.15, 0.2) is 0 Å². The number of thiophene rings is 1. The molecule has 0 saturated heterocycles. The van der Waals surface area contributed by atoms with Gasteiger partial charge in [-0.25, -0.2) is 0 Å². The van der Waals surface area contributed by atoms with E-state index in [1.807, 2.05) is 23.1 Å². The Morgan fingerprint density at radius 3 is 2.42 bits per heavy atom. The minimum absolute atomic E-state index is 0.410. The maximum atomic E-state index is 3.47. The van der Waals surface area contributed by atoms with Crippen molar-refractivity contribution in [2.75, 3.05) is 12.8 Å². The fourth-order valence-electron chi connectivity index (χ4n) is 2.56. The second-order valence-corrected chi connectivity index (χ2v) is 7.16. The molecule has 2 rings (SSSR count). The Morgan fingerprint density at radius 2 is 1.89 bits per heavy atom. The van der Waals surface area contributed by atoms with Crippen molar-refractivity contribution < 1.29 is 0 Å². The van der Waals surface area contributed by atoms with E-state index in [2.05, 4.69) is 62.8 Å². The number of benzene rings is 1. The van der Waals surface area contributed by atoms with Crippen LogP contribution in [0.4, 0.5) is 0 Å². The zero-order valence-corrected chi connectivity index (χ0v) is 13.6. The first-order valence-corrected chi connectivity index (χ1v) is 8.39. The molecule has 0 spiro atoms. The molecule has 1 nitrogen and oxygen atoms in total. The van der Waals surface area contributed by atoms with E-state index in [1.54, 1.807) is 0 Å². The largest absolute Gasteiger partial charge is 0.312 e. The topological polar surface area (TPSA) is 12.0 Å². The Kier molecular flexibility index (Phi) is 5.08. The normalized spacial score (nSPS) is 12.6. The number of aryl methyl sites for hydroxylation is 3. The van der Waals surface area contributed by atoms with E-state index in [0.29, 0.717) is 6.04 Å². The van der Waals surface area contributed by atoms with E-state index in [9.17, 15) is 0 Å². The fraction of sp³-hybridized carbons (Fsp3) is 0.375. The Balaban J connectivity index is 2.17. The van der Waals surface area contributed by atoms with Crippen molar-refractivity contribution in [1.29, 1.82) is 0 Å². The predicted molar refractivity (Wildman–Crippen MR) is 87.5 cm³/mol. The minimum atomic E-state index is 0.410. The van der Waals surface area contributed by atoms with E-state index in [1.165, 1.54) is 26.5 Å². The summed E-state index contributed by atoms with van der Waals surface area (Å²) in [5.41, 5.74) is 5.59. The molecule has 1 aromatic carbocycles. The first-order chi connectivity index (χ1) is 9.11. The second-order valence-electron chi connectivity index (χ2n) is 4.90. The zero-order valence-electron chi connectivity index (χ0n) is 12.0. The van der Waals surface area contributed by atoms with Crippen LogP contribution < -0.4 is 5.32 Å². The number of hydrogen-bond acceptors (Lipinski definition) is 3. The van der Waals surface area contributed by atoms with Gasteiger partial charge in [-0.05, 0) is 56.0 Å². The molecule has 1 unspecified atom stereocenters. The molecule has 0 saturated carbocycles. The molecule has 0 fully saturated rings. The molecule has 19 heavy (non-hydrogen) atoms. The molecule has 2 aromatic rings. The van der Waals surface area contributed by atoms with Crippen LogP contribution in [0, 0.1) is 20.8 Å². The Bertz CT molecular complexity index is 509. The van der Waals surface area contributed by atoms with Gasteiger partial charge in [-0.15, -0.1) is 23.1 Å². The molecule has 102 valence electrons. The van der Waals surface area contributed by atoms with Crippen molar-refractivity contribution in [3.8, 4) is 0 Å². The predicted octanol–water partition coefficient (Wildman–Crippen LogP) is 4.73. The maximum absolute atomic E-state index is 3.47. The number of nitrogens with one attached hydrogen (secondary N) is 1. The van der Waals surface area contributed by atoms with E-state index in [4.69, 9.17) is 0 Å². The molecular weight excluding hydrogens is 270 g/mol. The molecule has 0 amide bonds. The van der Waals surface area contributed by atoms with Crippen molar-refractivity contribution in [1.82, 2.24) is 5.32 Å². The highest BCUT2D eigenvalue weighted by Crippen LogP contribution is 2.31. The van der Waals surface area contributed by atoms with Crippen molar-refractivity contribution >= 4 is 23.1 Å². The van der Waals surface area contributed by atoms with E-state index < -0.39 is 0 Å². The van der Waals surface area contributed by atoms with Gasteiger partial charge in [0.05, 0.1) is 4.21 Å². The van der Waals surface area contributed by atoms with Gasteiger partial charge in [-0.3, -0.25) is 0 Å². The average molecular weight is 291 g/mol. The van der Waals surface area contributed by atoms with E-state index >= 15 is 0 Å². The summed E-state index contributed by atoms with van der Waals surface area (Å²) < 4.78 is 1.39. The molecule has 1 atom stereocenters. The Morgan fingerprint density at radius 1 is 1.21 bits per heavy atom. The number of rotatable bonds is 5. The monoisotopic (exact) mass is 291 g/mol. The van der Waals surface area contributed by atoms with Crippen LogP contribution in [0.2, 0.25) is 0 Å². The highest BCUT2D eigenvalue weighted by molar-refractivity contribution is 8.01. The van der Waals surface area contributed by atoms with Gasteiger partial charge < -0.3 is 5.32 Å². The van der Waals surface area contributed by atoms with Crippen LogP contribution in [0.5, 0.6) is 0 Å². The summed E-state index contributed by atoms with van der Waals surface area (Å²) in [5.74, 6) is 1.07.